The molecule has 272 valence electrons. The van der Waals surface area contributed by atoms with E-state index in [9.17, 15) is 0 Å². The monoisotopic (exact) mass is 742 g/mol. The standard InChI is InChI=1S/C53H34N4O/c1-4-17-35(18-5-1)55-45-26-12-13-27-46(45)56(36-19-6-2-7-20-36)49-32-43-40-25-16-30-54-53(40)44-34-52-50(33-42(44)39-24-11-10-23-38(39)41(43)31-48(49)55)57(37-21-8-3-9-22-37)47-28-14-15-29-51(47)58-52/h1-34H. The van der Waals surface area contributed by atoms with Crippen LogP contribution in [0.25, 0.3) is 105 Å². The fourth-order valence-corrected chi connectivity index (χ4v) is 9.06. The first-order valence-electron chi connectivity index (χ1n) is 19.6. The summed E-state index contributed by atoms with van der Waals surface area (Å²) < 4.78 is 13.9. The second-order valence-electron chi connectivity index (χ2n) is 14.8. The van der Waals surface area contributed by atoms with Crippen LogP contribution in [0.1, 0.15) is 0 Å². The number of rotatable bonds is 3. The third-order valence-electron chi connectivity index (χ3n) is 11.5. The van der Waals surface area contributed by atoms with Gasteiger partial charge in [-0.1, -0.05) is 109 Å². The molecule has 12 aromatic rings. The normalized spacial score (nSPS) is 11.8. The lowest BCUT2D eigenvalue weighted by atomic mass is 9.95. The molecule has 0 saturated carbocycles. The molecule has 9 aromatic carbocycles. The number of pyridine rings is 1. The lowest BCUT2D eigenvalue weighted by Crippen LogP contribution is -2.08. The Morgan fingerprint density at radius 3 is 1.31 bits per heavy atom. The van der Waals surface area contributed by atoms with Gasteiger partial charge in [-0.05, 0) is 118 Å². The van der Waals surface area contributed by atoms with Crippen molar-refractivity contribution in [1.29, 1.82) is 0 Å². The van der Waals surface area contributed by atoms with Crippen LogP contribution in [0.5, 0.6) is 0 Å². The molecule has 0 aliphatic heterocycles. The molecule has 12 rings (SSSR count). The zero-order valence-electron chi connectivity index (χ0n) is 31.3. The summed E-state index contributed by atoms with van der Waals surface area (Å²) in [4.78, 5) is 5.20. The lowest BCUT2D eigenvalue weighted by molar-refractivity contribution is 0.654. The van der Waals surface area contributed by atoms with Crippen molar-refractivity contribution in [2.45, 2.75) is 0 Å². The molecule has 3 aromatic heterocycles. The Morgan fingerprint density at radius 2 is 0.724 bits per heavy atom. The van der Waals surface area contributed by atoms with Crippen molar-refractivity contribution < 1.29 is 4.42 Å². The van der Waals surface area contributed by atoms with Crippen LogP contribution in [0.4, 0.5) is 0 Å². The first kappa shape index (κ1) is 32.4. The van der Waals surface area contributed by atoms with E-state index in [-0.39, 0.29) is 0 Å². The average Bonchev–Trinajstić information content (AvgIpc) is 3.29. The van der Waals surface area contributed by atoms with Crippen molar-refractivity contribution in [2.75, 3.05) is 0 Å². The number of aromatic nitrogens is 4. The third-order valence-corrected chi connectivity index (χ3v) is 11.5. The van der Waals surface area contributed by atoms with Crippen LogP contribution >= 0.6 is 0 Å². The summed E-state index contributed by atoms with van der Waals surface area (Å²) in [5.74, 6) is 0. The molecule has 0 saturated heterocycles. The number of nitrogens with zero attached hydrogens (tertiary/aromatic N) is 4. The molecule has 0 unspecified atom stereocenters. The van der Waals surface area contributed by atoms with E-state index in [0.29, 0.717) is 0 Å². The maximum absolute atomic E-state index is 6.78. The van der Waals surface area contributed by atoms with E-state index in [2.05, 4.69) is 202 Å². The number of benzene rings is 8. The van der Waals surface area contributed by atoms with E-state index in [0.717, 1.165) is 105 Å². The Morgan fingerprint density at radius 1 is 0.293 bits per heavy atom. The summed E-state index contributed by atoms with van der Waals surface area (Å²) in [5.41, 5.74) is 12.2. The molecule has 5 nitrogen and oxygen atoms in total. The van der Waals surface area contributed by atoms with Gasteiger partial charge in [-0.3, -0.25) is 4.98 Å². The fraction of sp³-hybridized carbons (Fsp3) is 0. The lowest BCUT2D eigenvalue weighted by Gasteiger charge is -2.23. The molecule has 58 heavy (non-hydrogen) atoms. The van der Waals surface area contributed by atoms with Gasteiger partial charge in [-0.15, -0.1) is 0 Å². The Bertz CT molecular complexity index is 3660. The van der Waals surface area contributed by atoms with Crippen molar-refractivity contribution in [1.82, 2.24) is 18.7 Å². The SMILES string of the molecule is c1ccc(-n2c3ccccc3oc3cc4c(cc32)c2ccccc2c2cc3c(cc2c2cccnc24)n(-c2ccccc2)c2ccccc2n3-c2ccccc2)cc1. The molecular formula is C53H34N4O. The zero-order valence-corrected chi connectivity index (χ0v) is 31.3. The third kappa shape index (κ3) is 4.87. The largest absolute Gasteiger partial charge is 0.453 e. The minimum Gasteiger partial charge on any atom is -0.453 e. The quantitative estimate of drug-likeness (QED) is 0.169. The van der Waals surface area contributed by atoms with E-state index in [1.807, 2.05) is 18.3 Å². The molecule has 0 N–H and O–H groups in total. The summed E-state index contributed by atoms with van der Waals surface area (Å²) in [7, 11) is 0. The highest BCUT2D eigenvalue weighted by molar-refractivity contribution is 6.27. The van der Waals surface area contributed by atoms with Gasteiger partial charge in [0.25, 0.3) is 0 Å². The van der Waals surface area contributed by atoms with Gasteiger partial charge < -0.3 is 18.1 Å². The molecule has 0 amide bonds. The Kier molecular flexibility index (Phi) is 7.16. The second kappa shape index (κ2) is 12.8. The topological polar surface area (TPSA) is 40.8 Å². The van der Waals surface area contributed by atoms with Crippen molar-refractivity contribution in [3.8, 4) is 17.1 Å². The minimum absolute atomic E-state index is 0.784. The average molecular weight is 743 g/mol. The maximum atomic E-state index is 6.78. The Labute approximate surface area is 332 Å². The zero-order chi connectivity index (χ0) is 38.2. The number of hydrogen-bond acceptors (Lipinski definition) is 2. The summed E-state index contributed by atoms with van der Waals surface area (Å²) in [6.07, 6.45) is 1.91. The van der Waals surface area contributed by atoms with Gasteiger partial charge >= 0.3 is 0 Å². The first-order valence-corrected chi connectivity index (χ1v) is 19.6. The Hall–Kier alpha value is -7.89. The van der Waals surface area contributed by atoms with E-state index in [1.165, 1.54) is 0 Å². The van der Waals surface area contributed by atoms with Crippen LogP contribution in [0, 0.1) is 0 Å². The molecular weight excluding hydrogens is 709 g/mol. The van der Waals surface area contributed by atoms with E-state index in [1.54, 1.807) is 0 Å². The highest BCUT2D eigenvalue weighted by Crippen LogP contribution is 2.41. The van der Waals surface area contributed by atoms with Gasteiger partial charge in [0.2, 0.25) is 0 Å². The predicted octanol–water partition coefficient (Wildman–Crippen LogP) is 14.0. The molecule has 5 heteroatoms. The smallest absolute Gasteiger partial charge is 0.152 e. The molecule has 0 fully saturated rings. The predicted molar refractivity (Wildman–Crippen MR) is 241 cm³/mol. The molecule has 0 radical (unpaired) electrons. The molecule has 0 aliphatic carbocycles. The van der Waals surface area contributed by atoms with Crippen molar-refractivity contribution in [3.05, 3.63) is 206 Å². The summed E-state index contributed by atoms with van der Waals surface area (Å²) in [5, 5.41) is 7.71. The van der Waals surface area contributed by atoms with Crippen LogP contribution in [-0.4, -0.2) is 18.7 Å². The molecule has 3 heterocycles. The van der Waals surface area contributed by atoms with E-state index in [4.69, 9.17) is 9.40 Å². The van der Waals surface area contributed by atoms with Crippen molar-refractivity contribution in [2.24, 2.45) is 0 Å². The fourth-order valence-electron chi connectivity index (χ4n) is 9.06. The molecule has 0 aliphatic rings. The van der Waals surface area contributed by atoms with Gasteiger partial charge in [0.15, 0.2) is 11.2 Å². The summed E-state index contributed by atoms with van der Waals surface area (Å²) >= 11 is 0. The number of para-hydroxylation sites is 7. The van der Waals surface area contributed by atoms with Gasteiger partial charge in [0.05, 0.1) is 38.6 Å². The van der Waals surface area contributed by atoms with Gasteiger partial charge in [0, 0.05) is 34.0 Å². The summed E-state index contributed by atoms with van der Waals surface area (Å²) in [6.45, 7) is 0. The van der Waals surface area contributed by atoms with E-state index >= 15 is 0 Å². The highest BCUT2D eigenvalue weighted by Gasteiger charge is 2.19. The van der Waals surface area contributed by atoms with Crippen molar-refractivity contribution >= 4 is 87.5 Å². The molecule has 0 atom stereocenters. The van der Waals surface area contributed by atoms with Crippen LogP contribution in [0.15, 0.2) is 211 Å². The van der Waals surface area contributed by atoms with Crippen LogP contribution in [-0.2, 0) is 0 Å². The first-order chi connectivity index (χ1) is 28.8. The number of hydrogen-bond donors (Lipinski definition) is 0. The van der Waals surface area contributed by atoms with Gasteiger partial charge in [-0.2, -0.15) is 0 Å². The number of fused-ring (bicyclic) bond motifs is 12. The summed E-state index contributed by atoms with van der Waals surface area (Å²) in [6, 6.07) is 71.3. The van der Waals surface area contributed by atoms with Gasteiger partial charge in [0.1, 0.15) is 0 Å². The van der Waals surface area contributed by atoms with Crippen LogP contribution in [0.2, 0.25) is 0 Å². The molecule has 0 spiro atoms. The maximum Gasteiger partial charge on any atom is 0.152 e. The van der Waals surface area contributed by atoms with Crippen LogP contribution < -0.4 is 0 Å². The second-order valence-corrected chi connectivity index (χ2v) is 14.8. The Balaban J connectivity index is 1.34. The highest BCUT2D eigenvalue weighted by atomic mass is 16.3. The van der Waals surface area contributed by atoms with Crippen molar-refractivity contribution in [3.63, 3.8) is 0 Å². The minimum atomic E-state index is 0.784. The van der Waals surface area contributed by atoms with Gasteiger partial charge in [-0.25, -0.2) is 0 Å². The molecule has 0 bridgehead atoms. The van der Waals surface area contributed by atoms with Crippen LogP contribution in [0.3, 0.4) is 0 Å². The van der Waals surface area contributed by atoms with E-state index < -0.39 is 0 Å².